The van der Waals surface area contributed by atoms with E-state index in [9.17, 15) is 18.3 Å². The van der Waals surface area contributed by atoms with Crippen LogP contribution < -0.4 is 15.0 Å². The first-order chi connectivity index (χ1) is 11.9. The number of hydrogen-bond donors (Lipinski definition) is 1. The Morgan fingerprint density at radius 1 is 0.960 bits per heavy atom. The Morgan fingerprint density at radius 2 is 1.56 bits per heavy atom. The zero-order valence-corrected chi connectivity index (χ0v) is 13.4. The standard InChI is InChI=1S/C18H18F3N2O2/c19-18(20,21)25-17-7-1-13(2-8-17)22-14-9-11-23(12-10-14)15-3-5-16(24)6-4-15/h1-8,14,22H,9-12H2. The van der Waals surface area contributed by atoms with Gasteiger partial charge in [0, 0.05) is 30.5 Å². The van der Waals surface area contributed by atoms with Crippen molar-refractivity contribution >= 4 is 11.4 Å². The summed E-state index contributed by atoms with van der Waals surface area (Å²) in [5, 5.41) is 14.5. The van der Waals surface area contributed by atoms with Crippen LogP contribution >= 0.6 is 0 Å². The summed E-state index contributed by atoms with van der Waals surface area (Å²) in [6.07, 6.45) is -2.87. The van der Waals surface area contributed by atoms with E-state index in [1.165, 1.54) is 12.1 Å². The molecule has 7 heteroatoms. The molecule has 1 heterocycles. The Morgan fingerprint density at radius 3 is 2.12 bits per heavy atom. The molecule has 0 spiro atoms. The highest BCUT2D eigenvalue weighted by Crippen LogP contribution is 2.26. The van der Waals surface area contributed by atoms with E-state index in [1.54, 1.807) is 24.3 Å². The van der Waals surface area contributed by atoms with Crippen LogP contribution in [0.3, 0.4) is 0 Å². The fraction of sp³-hybridized carbons (Fsp3) is 0.333. The molecule has 1 aliphatic rings. The number of nitrogens with one attached hydrogen (secondary N) is 1. The molecular weight excluding hydrogens is 333 g/mol. The number of rotatable bonds is 4. The predicted molar refractivity (Wildman–Crippen MR) is 88.6 cm³/mol. The van der Waals surface area contributed by atoms with Crippen LogP contribution in [0.25, 0.3) is 0 Å². The minimum atomic E-state index is -4.67. The number of ether oxygens (including phenoxy) is 1. The summed E-state index contributed by atoms with van der Waals surface area (Å²) >= 11 is 0. The number of alkyl halides is 3. The molecule has 0 unspecified atom stereocenters. The molecule has 4 nitrogen and oxygen atoms in total. The van der Waals surface area contributed by atoms with Gasteiger partial charge >= 0.3 is 6.36 Å². The maximum absolute atomic E-state index is 12.2. The van der Waals surface area contributed by atoms with E-state index in [0.29, 0.717) is 0 Å². The summed E-state index contributed by atoms with van der Waals surface area (Å²) in [5.74, 6) is -0.229. The molecule has 1 radical (unpaired) electrons. The van der Waals surface area contributed by atoms with Crippen molar-refractivity contribution in [1.82, 2.24) is 0 Å². The Balaban J connectivity index is 1.51. The van der Waals surface area contributed by atoms with Gasteiger partial charge in [0.2, 0.25) is 0 Å². The summed E-state index contributed by atoms with van der Waals surface area (Å²) in [6, 6.07) is 12.8. The molecule has 0 bridgehead atoms. The predicted octanol–water partition coefficient (Wildman–Crippen LogP) is 4.81. The second kappa shape index (κ2) is 7.13. The van der Waals surface area contributed by atoms with E-state index in [-0.39, 0.29) is 17.5 Å². The van der Waals surface area contributed by atoms with Gasteiger partial charge in [0.25, 0.3) is 0 Å². The molecule has 0 amide bonds. The van der Waals surface area contributed by atoms with Crippen molar-refractivity contribution < 1.29 is 23.0 Å². The monoisotopic (exact) mass is 351 g/mol. The van der Waals surface area contributed by atoms with Crippen LogP contribution in [0.4, 0.5) is 24.5 Å². The van der Waals surface area contributed by atoms with Crippen LogP contribution in [0.5, 0.6) is 11.5 Å². The number of anilines is 2. The van der Waals surface area contributed by atoms with Crippen molar-refractivity contribution in [2.75, 3.05) is 23.3 Å². The van der Waals surface area contributed by atoms with Gasteiger partial charge in [-0.25, -0.2) is 0 Å². The second-order valence-electron chi connectivity index (χ2n) is 5.97. The molecule has 0 atom stereocenters. The van der Waals surface area contributed by atoms with Crippen LogP contribution in [0.15, 0.2) is 48.5 Å². The molecule has 0 saturated carbocycles. The molecule has 1 N–H and O–H groups in total. The normalized spacial score (nSPS) is 15.9. The third-order valence-electron chi connectivity index (χ3n) is 4.16. The van der Waals surface area contributed by atoms with E-state index in [0.717, 1.165) is 37.3 Å². The first kappa shape index (κ1) is 17.3. The number of halogens is 3. The van der Waals surface area contributed by atoms with Gasteiger partial charge < -0.3 is 15.0 Å². The molecule has 2 aromatic rings. The van der Waals surface area contributed by atoms with Crippen LogP contribution in [-0.2, 0) is 5.11 Å². The lowest BCUT2D eigenvalue weighted by atomic mass is 10.0. The van der Waals surface area contributed by atoms with Crippen LogP contribution in [-0.4, -0.2) is 25.5 Å². The SMILES string of the molecule is [O]c1ccc(N2CCC(Nc3ccc(OC(F)(F)F)cc3)CC2)cc1. The third kappa shape index (κ3) is 4.95. The molecule has 3 rings (SSSR count). The fourth-order valence-corrected chi connectivity index (χ4v) is 2.93. The highest BCUT2D eigenvalue weighted by atomic mass is 19.4. The highest BCUT2D eigenvalue weighted by molar-refractivity contribution is 5.50. The maximum Gasteiger partial charge on any atom is 0.573 e. The summed E-state index contributed by atoms with van der Waals surface area (Å²) in [7, 11) is 0. The first-order valence-corrected chi connectivity index (χ1v) is 8.03. The Bertz CT molecular complexity index is 679. The smallest absolute Gasteiger partial charge is 0.406 e. The average molecular weight is 351 g/mol. The van der Waals surface area contributed by atoms with E-state index in [1.807, 2.05) is 12.1 Å². The summed E-state index contributed by atoms with van der Waals surface area (Å²) in [5.41, 5.74) is 1.80. The molecule has 133 valence electrons. The summed E-state index contributed by atoms with van der Waals surface area (Å²) in [6.45, 7) is 1.70. The number of benzene rings is 2. The van der Waals surface area contributed by atoms with Gasteiger partial charge in [0.15, 0.2) is 5.75 Å². The highest BCUT2D eigenvalue weighted by Gasteiger charge is 2.31. The Hall–Kier alpha value is -2.57. The molecule has 1 saturated heterocycles. The molecular formula is C18H18F3N2O2. The van der Waals surface area contributed by atoms with E-state index in [4.69, 9.17) is 0 Å². The van der Waals surface area contributed by atoms with Gasteiger partial charge in [0.05, 0.1) is 0 Å². The summed E-state index contributed by atoms with van der Waals surface area (Å²) < 4.78 is 40.3. The van der Waals surface area contributed by atoms with Crippen molar-refractivity contribution in [3.8, 4) is 11.5 Å². The average Bonchev–Trinajstić information content (AvgIpc) is 2.57. The Kier molecular flexibility index (Phi) is 4.92. The molecule has 0 aromatic heterocycles. The van der Waals surface area contributed by atoms with Gasteiger partial charge in [-0.05, 0) is 61.4 Å². The van der Waals surface area contributed by atoms with Crippen molar-refractivity contribution in [3.05, 3.63) is 48.5 Å². The lowest BCUT2D eigenvalue weighted by molar-refractivity contribution is -0.274. The van der Waals surface area contributed by atoms with Crippen molar-refractivity contribution in [2.45, 2.75) is 25.2 Å². The zero-order valence-electron chi connectivity index (χ0n) is 13.4. The summed E-state index contributed by atoms with van der Waals surface area (Å²) in [4.78, 5) is 2.22. The van der Waals surface area contributed by atoms with Gasteiger partial charge in [0.1, 0.15) is 5.75 Å². The van der Waals surface area contributed by atoms with Gasteiger partial charge in [-0.3, -0.25) is 5.11 Å². The minimum Gasteiger partial charge on any atom is -0.406 e. The minimum absolute atomic E-state index is 0.00162. The molecule has 25 heavy (non-hydrogen) atoms. The molecule has 2 aromatic carbocycles. The van der Waals surface area contributed by atoms with Crippen molar-refractivity contribution in [3.63, 3.8) is 0 Å². The number of hydrogen-bond acceptors (Lipinski definition) is 3. The van der Waals surface area contributed by atoms with Crippen LogP contribution in [0.1, 0.15) is 12.8 Å². The number of piperidine rings is 1. The van der Waals surface area contributed by atoms with E-state index >= 15 is 0 Å². The molecule has 1 fully saturated rings. The lowest BCUT2D eigenvalue weighted by Crippen LogP contribution is -2.39. The molecule has 1 aliphatic heterocycles. The maximum atomic E-state index is 12.2. The molecule has 0 aliphatic carbocycles. The lowest BCUT2D eigenvalue weighted by Gasteiger charge is -2.34. The van der Waals surface area contributed by atoms with E-state index in [2.05, 4.69) is 15.0 Å². The van der Waals surface area contributed by atoms with Crippen molar-refractivity contribution in [1.29, 1.82) is 0 Å². The van der Waals surface area contributed by atoms with E-state index < -0.39 is 6.36 Å². The van der Waals surface area contributed by atoms with Crippen LogP contribution in [0, 0.1) is 0 Å². The number of nitrogens with zero attached hydrogens (tertiary/aromatic N) is 1. The zero-order chi connectivity index (χ0) is 17.9. The Labute approximate surface area is 143 Å². The third-order valence-corrected chi connectivity index (χ3v) is 4.16. The van der Waals surface area contributed by atoms with Gasteiger partial charge in [-0.2, -0.15) is 0 Å². The fourth-order valence-electron chi connectivity index (χ4n) is 2.93. The largest absolute Gasteiger partial charge is 0.573 e. The quantitative estimate of drug-likeness (QED) is 0.860. The van der Waals surface area contributed by atoms with Gasteiger partial charge in [-0.1, -0.05) is 0 Å². The topological polar surface area (TPSA) is 44.4 Å². The van der Waals surface area contributed by atoms with Crippen molar-refractivity contribution in [2.24, 2.45) is 0 Å². The van der Waals surface area contributed by atoms with Gasteiger partial charge in [-0.15, -0.1) is 13.2 Å². The first-order valence-electron chi connectivity index (χ1n) is 8.03. The van der Waals surface area contributed by atoms with Crippen LogP contribution in [0.2, 0.25) is 0 Å². The second-order valence-corrected chi connectivity index (χ2v) is 5.97.